The summed E-state index contributed by atoms with van der Waals surface area (Å²) in [5.41, 5.74) is 4.88. The molecule has 0 heterocycles. The number of rotatable bonds is 5. The smallest absolute Gasteiger partial charge is 0.0575 e. The lowest BCUT2D eigenvalue weighted by atomic mass is 9.82. The second-order valence-electron chi connectivity index (χ2n) is 7.44. The molecule has 26 heavy (non-hydrogen) atoms. The molecule has 2 aromatic rings. The fourth-order valence-corrected chi connectivity index (χ4v) is 3.58. The fraction of sp³-hybridized carbons (Fsp3) is 0.440. The Labute approximate surface area is 158 Å². The van der Waals surface area contributed by atoms with E-state index in [0.717, 1.165) is 17.7 Å². The van der Waals surface area contributed by atoms with Gasteiger partial charge in [0.1, 0.15) is 0 Å². The molecule has 0 N–H and O–H groups in total. The molecule has 0 bridgehead atoms. The average Bonchev–Trinajstić information content (AvgIpc) is 2.69. The first kappa shape index (κ1) is 18.7. The van der Waals surface area contributed by atoms with Crippen molar-refractivity contribution < 1.29 is 4.74 Å². The van der Waals surface area contributed by atoms with Crippen LogP contribution in [0.5, 0.6) is 0 Å². The van der Waals surface area contributed by atoms with Crippen molar-refractivity contribution in [1.82, 2.24) is 0 Å². The van der Waals surface area contributed by atoms with Gasteiger partial charge in [-0.25, -0.2) is 0 Å². The van der Waals surface area contributed by atoms with Gasteiger partial charge >= 0.3 is 0 Å². The van der Waals surface area contributed by atoms with Crippen LogP contribution in [0.1, 0.15) is 73.6 Å². The Bertz CT molecular complexity index is 722. The van der Waals surface area contributed by atoms with E-state index >= 15 is 0 Å². The SMILES string of the molecule is CCCCOC1CCC(c2ccc(C#Cc3ccc(C)cc3)cc2)CC1. The van der Waals surface area contributed by atoms with E-state index in [9.17, 15) is 0 Å². The average molecular weight is 347 g/mol. The zero-order valence-electron chi connectivity index (χ0n) is 16.1. The van der Waals surface area contributed by atoms with Crippen molar-refractivity contribution in [3.8, 4) is 11.8 Å². The van der Waals surface area contributed by atoms with Gasteiger partial charge in [0.15, 0.2) is 0 Å². The molecule has 0 unspecified atom stereocenters. The topological polar surface area (TPSA) is 9.23 Å². The predicted octanol–water partition coefficient (Wildman–Crippen LogP) is 6.24. The monoisotopic (exact) mass is 346 g/mol. The van der Waals surface area contributed by atoms with Crippen molar-refractivity contribution in [3.05, 3.63) is 70.8 Å². The van der Waals surface area contributed by atoms with Gasteiger partial charge in [0, 0.05) is 17.7 Å². The second-order valence-corrected chi connectivity index (χ2v) is 7.44. The molecular weight excluding hydrogens is 316 g/mol. The molecule has 136 valence electrons. The summed E-state index contributed by atoms with van der Waals surface area (Å²) < 4.78 is 5.99. The summed E-state index contributed by atoms with van der Waals surface area (Å²) >= 11 is 0. The molecular formula is C25H30O. The summed E-state index contributed by atoms with van der Waals surface area (Å²) in [6.07, 6.45) is 7.76. The lowest BCUT2D eigenvalue weighted by Crippen LogP contribution is -2.21. The minimum Gasteiger partial charge on any atom is -0.378 e. The molecule has 1 nitrogen and oxygen atoms in total. The van der Waals surface area contributed by atoms with E-state index in [1.807, 2.05) is 0 Å². The minimum atomic E-state index is 0.484. The van der Waals surface area contributed by atoms with Crippen molar-refractivity contribution in [3.63, 3.8) is 0 Å². The van der Waals surface area contributed by atoms with Crippen LogP contribution in [0.15, 0.2) is 48.5 Å². The van der Waals surface area contributed by atoms with Gasteiger partial charge in [0.05, 0.1) is 6.10 Å². The Morgan fingerprint density at radius 3 is 2.00 bits per heavy atom. The van der Waals surface area contributed by atoms with Crippen molar-refractivity contribution >= 4 is 0 Å². The summed E-state index contributed by atoms with van der Waals surface area (Å²) in [4.78, 5) is 0. The number of hydrogen-bond acceptors (Lipinski definition) is 1. The van der Waals surface area contributed by atoms with Gasteiger partial charge < -0.3 is 4.74 Å². The molecule has 3 rings (SSSR count). The van der Waals surface area contributed by atoms with Gasteiger partial charge in [-0.1, -0.05) is 55.0 Å². The molecule has 1 aliphatic rings. The van der Waals surface area contributed by atoms with Crippen LogP contribution in [-0.4, -0.2) is 12.7 Å². The molecule has 0 saturated heterocycles. The molecule has 1 heteroatoms. The second kappa shape index (κ2) is 9.60. The van der Waals surface area contributed by atoms with Crippen LogP contribution in [0, 0.1) is 18.8 Å². The summed E-state index contributed by atoms with van der Waals surface area (Å²) in [6, 6.07) is 17.2. The number of benzene rings is 2. The fourth-order valence-electron chi connectivity index (χ4n) is 3.58. The van der Waals surface area contributed by atoms with Crippen molar-refractivity contribution in [2.24, 2.45) is 0 Å². The van der Waals surface area contributed by atoms with Gasteiger partial charge in [-0.3, -0.25) is 0 Å². The number of ether oxygens (including phenoxy) is 1. The highest BCUT2D eigenvalue weighted by molar-refractivity contribution is 5.44. The third-order valence-corrected chi connectivity index (χ3v) is 5.31. The van der Waals surface area contributed by atoms with Gasteiger partial charge in [0.2, 0.25) is 0 Å². The third kappa shape index (κ3) is 5.48. The highest BCUT2D eigenvalue weighted by atomic mass is 16.5. The van der Waals surface area contributed by atoms with Crippen molar-refractivity contribution in [2.45, 2.75) is 64.4 Å². The van der Waals surface area contributed by atoms with Crippen LogP contribution in [0.25, 0.3) is 0 Å². The van der Waals surface area contributed by atoms with E-state index in [4.69, 9.17) is 4.74 Å². The lowest BCUT2D eigenvalue weighted by molar-refractivity contribution is 0.0232. The first-order chi connectivity index (χ1) is 12.7. The van der Waals surface area contributed by atoms with E-state index in [0.29, 0.717) is 12.0 Å². The van der Waals surface area contributed by atoms with Crippen molar-refractivity contribution in [1.29, 1.82) is 0 Å². The molecule has 0 aromatic heterocycles. The highest BCUT2D eigenvalue weighted by Gasteiger charge is 2.22. The number of hydrogen-bond donors (Lipinski definition) is 0. The molecule has 1 saturated carbocycles. The predicted molar refractivity (Wildman–Crippen MR) is 109 cm³/mol. The maximum Gasteiger partial charge on any atom is 0.0575 e. The normalized spacial score (nSPS) is 19.6. The van der Waals surface area contributed by atoms with Crippen LogP contribution in [0.2, 0.25) is 0 Å². The van der Waals surface area contributed by atoms with E-state index in [1.165, 1.54) is 49.7 Å². The molecule has 0 spiro atoms. The van der Waals surface area contributed by atoms with Gasteiger partial charge in [-0.2, -0.15) is 0 Å². The first-order valence-corrected chi connectivity index (χ1v) is 10.0. The molecule has 0 amide bonds. The number of unbranched alkanes of at least 4 members (excludes halogenated alkanes) is 1. The Morgan fingerprint density at radius 2 is 1.42 bits per heavy atom. The quantitative estimate of drug-likeness (QED) is 0.460. The summed E-state index contributed by atoms with van der Waals surface area (Å²) in [5.74, 6) is 7.21. The Morgan fingerprint density at radius 1 is 0.846 bits per heavy atom. The van der Waals surface area contributed by atoms with E-state index in [1.54, 1.807) is 0 Å². The van der Waals surface area contributed by atoms with E-state index in [2.05, 4.69) is 74.2 Å². The molecule has 2 aromatic carbocycles. The maximum atomic E-state index is 5.99. The van der Waals surface area contributed by atoms with E-state index in [-0.39, 0.29) is 0 Å². The molecule has 0 atom stereocenters. The third-order valence-electron chi connectivity index (χ3n) is 5.31. The molecule has 1 fully saturated rings. The first-order valence-electron chi connectivity index (χ1n) is 10.0. The molecule has 1 aliphatic carbocycles. The van der Waals surface area contributed by atoms with Gasteiger partial charge in [-0.05, 0) is 74.8 Å². The summed E-state index contributed by atoms with van der Waals surface area (Å²) in [6.45, 7) is 5.25. The van der Waals surface area contributed by atoms with Crippen molar-refractivity contribution in [2.75, 3.05) is 6.61 Å². The summed E-state index contributed by atoms with van der Waals surface area (Å²) in [5, 5.41) is 0. The van der Waals surface area contributed by atoms with Gasteiger partial charge in [0.25, 0.3) is 0 Å². The number of aryl methyl sites for hydroxylation is 1. The Balaban J connectivity index is 1.53. The largest absolute Gasteiger partial charge is 0.378 e. The van der Waals surface area contributed by atoms with E-state index < -0.39 is 0 Å². The zero-order valence-corrected chi connectivity index (χ0v) is 16.1. The van der Waals surface area contributed by atoms with Crippen LogP contribution in [0.3, 0.4) is 0 Å². The minimum absolute atomic E-state index is 0.484. The Kier molecular flexibility index (Phi) is 6.92. The standard InChI is InChI=1S/C25H30O/c1-3-4-19-26-25-17-15-24(16-18-25)23-13-11-22(12-14-23)10-9-21-7-5-20(2)6-8-21/h5-8,11-14,24-25H,3-4,15-19H2,1-2H3. The van der Waals surface area contributed by atoms with Gasteiger partial charge in [-0.15, -0.1) is 0 Å². The molecule has 0 aliphatic heterocycles. The lowest BCUT2D eigenvalue weighted by Gasteiger charge is -2.29. The van der Waals surface area contributed by atoms with Crippen LogP contribution < -0.4 is 0 Å². The highest BCUT2D eigenvalue weighted by Crippen LogP contribution is 2.34. The summed E-state index contributed by atoms with van der Waals surface area (Å²) in [7, 11) is 0. The van der Waals surface area contributed by atoms with Crippen LogP contribution in [0.4, 0.5) is 0 Å². The zero-order chi connectivity index (χ0) is 18.2. The van der Waals surface area contributed by atoms with Crippen LogP contribution in [-0.2, 0) is 4.74 Å². The maximum absolute atomic E-state index is 5.99. The Hall–Kier alpha value is -2.04. The van der Waals surface area contributed by atoms with Crippen LogP contribution >= 0.6 is 0 Å². The molecule has 0 radical (unpaired) electrons.